The predicted molar refractivity (Wildman–Crippen MR) is 86.0 cm³/mol. The zero-order chi connectivity index (χ0) is 15.8. The number of nitrogens with one attached hydrogen (secondary N) is 1. The molecule has 2 aromatic rings. The van der Waals surface area contributed by atoms with Gasteiger partial charge in [0.15, 0.2) is 0 Å². The van der Waals surface area contributed by atoms with E-state index in [4.69, 9.17) is 4.74 Å². The van der Waals surface area contributed by atoms with E-state index in [9.17, 15) is 4.79 Å². The minimum atomic E-state index is -0.00752. The maximum atomic E-state index is 11.8. The van der Waals surface area contributed by atoms with Crippen LogP contribution in [0.2, 0.25) is 0 Å². The molecular weight excluding hydrogens is 300 g/mol. The number of amides is 1. The van der Waals surface area contributed by atoms with Crippen molar-refractivity contribution in [2.75, 3.05) is 27.2 Å². The fourth-order valence-electron chi connectivity index (χ4n) is 1.72. The molecule has 6 nitrogen and oxygen atoms in total. The Bertz CT molecular complexity index is 586. The molecule has 0 aromatic carbocycles. The average molecular weight is 320 g/mol. The molecule has 0 saturated carbocycles. The van der Waals surface area contributed by atoms with Gasteiger partial charge < -0.3 is 15.0 Å². The van der Waals surface area contributed by atoms with E-state index in [1.807, 2.05) is 36.5 Å². The summed E-state index contributed by atoms with van der Waals surface area (Å²) < 4.78 is 5.58. The van der Waals surface area contributed by atoms with Crippen molar-refractivity contribution < 1.29 is 9.53 Å². The van der Waals surface area contributed by atoms with Crippen molar-refractivity contribution in [3.05, 3.63) is 40.6 Å². The van der Waals surface area contributed by atoms with Crippen LogP contribution in [0.4, 0.5) is 0 Å². The van der Waals surface area contributed by atoms with E-state index in [2.05, 4.69) is 15.3 Å². The number of pyridine rings is 1. The smallest absolute Gasteiger partial charge is 0.226 e. The summed E-state index contributed by atoms with van der Waals surface area (Å²) in [4.78, 5) is 22.2. The lowest BCUT2D eigenvalue weighted by molar-refractivity contribution is -0.120. The number of aromatic nitrogens is 2. The number of likely N-dealkylation sites (N-methyl/N-ethyl adjacent to an activating group) is 1. The largest absolute Gasteiger partial charge is 0.485 e. The molecule has 0 saturated heterocycles. The van der Waals surface area contributed by atoms with Gasteiger partial charge in [-0.3, -0.25) is 9.78 Å². The maximum Gasteiger partial charge on any atom is 0.226 e. The topological polar surface area (TPSA) is 67.4 Å². The predicted octanol–water partition coefficient (Wildman–Crippen LogP) is 1.34. The van der Waals surface area contributed by atoms with E-state index in [0.717, 1.165) is 17.2 Å². The van der Waals surface area contributed by atoms with Crippen molar-refractivity contribution in [1.29, 1.82) is 0 Å². The van der Waals surface area contributed by atoms with Crippen LogP contribution < -0.4 is 10.1 Å². The zero-order valence-electron chi connectivity index (χ0n) is 12.8. The zero-order valence-corrected chi connectivity index (χ0v) is 13.6. The van der Waals surface area contributed by atoms with Crippen LogP contribution in [0.5, 0.6) is 5.75 Å². The van der Waals surface area contributed by atoms with Crippen LogP contribution in [0, 0.1) is 0 Å². The fourth-order valence-corrected chi connectivity index (χ4v) is 2.42. The summed E-state index contributed by atoms with van der Waals surface area (Å²) in [6.45, 7) is 1.86. The number of carbonyl (C=O) groups is 1. The van der Waals surface area contributed by atoms with Crippen LogP contribution in [-0.2, 0) is 17.8 Å². The van der Waals surface area contributed by atoms with Gasteiger partial charge in [0.2, 0.25) is 5.91 Å². The molecule has 2 rings (SSSR count). The molecule has 2 heterocycles. The van der Waals surface area contributed by atoms with Gasteiger partial charge >= 0.3 is 0 Å². The monoisotopic (exact) mass is 320 g/mol. The molecule has 1 amide bonds. The summed E-state index contributed by atoms with van der Waals surface area (Å²) in [5.74, 6) is 0.701. The highest BCUT2D eigenvalue weighted by atomic mass is 32.1. The third-order valence-electron chi connectivity index (χ3n) is 2.82. The Kier molecular flexibility index (Phi) is 6.29. The highest BCUT2D eigenvalue weighted by molar-refractivity contribution is 7.09. The molecule has 0 radical (unpaired) electrons. The van der Waals surface area contributed by atoms with Crippen LogP contribution in [0.15, 0.2) is 29.9 Å². The van der Waals surface area contributed by atoms with Gasteiger partial charge in [-0.2, -0.15) is 0 Å². The van der Waals surface area contributed by atoms with Crippen molar-refractivity contribution in [3.8, 4) is 5.75 Å². The molecule has 1 N–H and O–H groups in total. The van der Waals surface area contributed by atoms with Crippen molar-refractivity contribution in [2.24, 2.45) is 0 Å². The minimum absolute atomic E-state index is 0.00752. The molecule has 22 heavy (non-hydrogen) atoms. The Morgan fingerprint density at radius 1 is 1.45 bits per heavy atom. The average Bonchev–Trinajstić information content (AvgIpc) is 2.93. The molecule has 0 atom stereocenters. The summed E-state index contributed by atoms with van der Waals surface area (Å²) in [5, 5.41) is 5.62. The second kappa shape index (κ2) is 8.45. The Morgan fingerprint density at radius 3 is 3.05 bits per heavy atom. The van der Waals surface area contributed by atoms with Gasteiger partial charge in [0.25, 0.3) is 0 Å². The molecular formula is C15H20N4O2S. The van der Waals surface area contributed by atoms with Crippen molar-refractivity contribution in [3.63, 3.8) is 0 Å². The van der Waals surface area contributed by atoms with Gasteiger partial charge in [-0.05, 0) is 26.2 Å². The Morgan fingerprint density at radius 2 is 2.32 bits per heavy atom. The number of nitrogens with zero attached hydrogens (tertiary/aromatic N) is 3. The molecule has 0 fully saturated rings. The van der Waals surface area contributed by atoms with E-state index in [1.54, 1.807) is 12.4 Å². The van der Waals surface area contributed by atoms with E-state index in [0.29, 0.717) is 25.3 Å². The minimum Gasteiger partial charge on any atom is -0.485 e. The lowest BCUT2D eigenvalue weighted by Gasteiger charge is -2.09. The second-order valence-corrected chi connectivity index (χ2v) is 5.98. The molecule has 0 unspecified atom stereocenters. The summed E-state index contributed by atoms with van der Waals surface area (Å²) in [7, 11) is 3.95. The first kappa shape index (κ1) is 16.4. The van der Waals surface area contributed by atoms with Crippen molar-refractivity contribution in [2.45, 2.75) is 13.0 Å². The van der Waals surface area contributed by atoms with E-state index in [1.165, 1.54) is 11.3 Å². The van der Waals surface area contributed by atoms with Crippen LogP contribution >= 0.6 is 11.3 Å². The number of carbonyl (C=O) groups excluding carboxylic acids is 1. The van der Waals surface area contributed by atoms with Gasteiger partial charge in [-0.25, -0.2) is 4.98 Å². The van der Waals surface area contributed by atoms with E-state index in [-0.39, 0.29) is 5.91 Å². The van der Waals surface area contributed by atoms with Crippen LogP contribution in [-0.4, -0.2) is 48.0 Å². The Labute approximate surface area is 134 Å². The Balaban J connectivity index is 1.75. The van der Waals surface area contributed by atoms with Gasteiger partial charge in [0, 0.05) is 24.7 Å². The summed E-state index contributed by atoms with van der Waals surface area (Å²) in [5.41, 5.74) is 0.775. The van der Waals surface area contributed by atoms with Crippen LogP contribution in [0.25, 0.3) is 0 Å². The van der Waals surface area contributed by atoms with Crippen molar-refractivity contribution in [1.82, 2.24) is 20.2 Å². The summed E-state index contributed by atoms with van der Waals surface area (Å²) >= 11 is 1.49. The van der Waals surface area contributed by atoms with E-state index < -0.39 is 0 Å². The maximum absolute atomic E-state index is 11.8. The SMILES string of the molecule is CN(C)CCNC(=O)Cc1csc(COc2cccnc2)n1. The Hall–Kier alpha value is -1.99. The third kappa shape index (κ3) is 5.79. The lowest BCUT2D eigenvalue weighted by Crippen LogP contribution is -2.32. The van der Waals surface area contributed by atoms with Crippen LogP contribution in [0.1, 0.15) is 10.7 Å². The number of ether oxygens (including phenoxy) is 1. The summed E-state index contributed by atoms with van der Waals surface area (Å²) in [6, 6.07) is 3.67. The molecule has 0 bridgehead atoms. The van der Waals surface area contributed by atoms with Crippen molar-refractivity contribution >= 4 is 17.2 Å². The highest BCUT2D eigenvalue weighted by Gasteiger charge is 2.08. The van der Waals surface area contributed by atoms with Gasteiger partial charge in [-0.1, -0.05) is 0 Å². The number of hydrogen-bond acceptors (Lipinski definition) is 6. The van der Waals surface area contributed by atoms with Crippen LogP contribution in [0.3, 0.4) is 0 Å². The molecule has 0 aliphatic rings. The highest BCUT2D eigenvalue weighted by Crippen LogP contribution is 2.14. The summed E-state index contributed by atoms with van der Waals surface area (Å²) in [6.07, 6.45) is 3.66. The molecule has 2 aromatic heterocycles. The normalized spacial score (nSPS) is 10.7. The molecule has 0 aliphatic carbocycles. The molecule has 7 heteroatoms. The number of thiazole rings is 1. The second-order valence-electron chi connectivity index (χ2n) is 5.04. The molecule has 0 aliphatic heterocycles. The first-order valence-corrected chi connectivity index (χ1v) is 7.89. The van der Waals surface area contributed by atoms with Gasteiger partial charge in [-0.15, -0.1) is 11.3 Å². The number of hydrogen-bond donors (Lipinski definition) is 1. The standard InChI is InChI=1S/C15H20N4O2S/c1-19(2)7-6-17-14(20)8-12-11-22-15(18-12)10-21-13-4-3-5-16-9-13/h3-5,9,11H,6-8,10H2,1-2H3,(H,17,20). The lowest BCUT2D eigenvalue weighted by atomic mass is 10.3. The quantitative estimate of drug-likeness (QED) is 0.795. The first-order chi connectivity index (χ1) is 10.6. The number of rotatable bonds is 8. The van der Waals surface area contributed by atoms with E-state index >= 15 is 0 Å². The first-order valence-electron chi connectivity index (χ1n) is 7.01. The third-order valence-corrected chi connectivity index (χ3v) is 3.69. The molecule has 0 spiro atoms. The fraction of sp³-hybridized carbons (Fsp3) is 0.400. The van der Waals surface area contributed by atoms with Gasteiger partial charge in [0.05, 0.1) is 18.3 Å². The van der Waals surface area contributed by atoms with Gasteiger partial charge in [0.1, 0.15) is 17.4 Å². The molecule has 118 valence electrons.